The molecular weight excluding hydrogens is 332 g/mol. The third-order valence-corrected chi connectivity index (χ3v) is 2.39. The first-order chi connectivity index (χ1) is 7.54. The molecule has 0 amide bonds. The molecule has 1 aromatic carbocycles. The average Bonchev–Trinajstić information content (AvgIpc) is 2.22. The molecule has 1 unspecified atom stereocenters. The Kier molecular flexibility index (Phi) is 7.10. The first kappa shape index (κ1) is 16.1. The van der Waals surface area contributed by atoms with Crippen LogP contribution in [0.4, 0.5) is 4.39 Å². The Bertz CT molecular complexity index is 393. The van der Waals surface area contributed by atoms with Gasteiger partial charge < -0.3 is 11.1 Å². The number of rotatable bonds is 3. The van der Waals surface area contributed by atoms with E-state index in [2.05, 4.69) is 10.3 Å². The maximum Gasteiger partial charge on any atom is 0.189 e. The lowest BCUT2D eigenvalue weighted by Gasteiger charge is -2.15. The smallest absolute Gasteiger partial charge is 0.189 e. The van der Waals surface area contributed by atoms with Crippen LogP contribution in [0.15, 0.2) is 23.2 Å². The Morgan fingerprint density at radius 2 is 2.18 bits per heavy atom. The highest BCUT2D eigenvalue weighted by molar-refractivity contribution is 14.0. The summed E-state index contributed by atoms with van der Waals surface area (Å²) < 4.78 is 13.3. The van der Waals surface area contributed by atoms with Gasteiger partial charge in [0.05, 0.1) is 6.04 Å². The molecule has 5 heteroatoms. The third kappa shape index (κ3) is 4.89. The molecule has 96 valence electrons. The summed E-state index contributed by atoms with van der Waals surface area (Å²) in [4.78, 5) is 4.02. The van der Waals surface area contributed by atoms with Crippen molar-refractivity contribution in [2.24, 2.45) is 10.7 Å². The molecule has 0 aliphatic rings. The Morgan fingerprint density at radius 3 is 2.71 bits per heavy atom. The van der Waals surface area contributed by atoms with Gasteiger partial charge in [-0.15, -0.1) is 24.0 Å². The molecule has 0 heterocycles. The first-order valence-corrected chi connectivity index (χ1v) is 5.37. The van der Waals surface area contributed by atoms with Crippen LogP contribution < -0.4 is 11.1 Å². The summed E-state index contributed by atoms with van der Waals surface area (Å²) in [6.07, 6.45) is 0. The summed E-state index contributed by atoms with van der Waals surface area (Å²) in [5.41, 5.74) is 7.14. The number of hydrogen-bond donors (Lipinski definition) is 2. The van der Waals surface area contributed by atoms with E-state index in [0.29, 0.717) is 18.1 Å². The third-order valence-electron chi connectivity index (χ3n) is 2.39. The van der Waals surface area contributed by atoms with Crippen LogP contribution in [-0.2, 0) is 0 Å². The lowest BCUT2D eigenvalue weighted by molar-refractivity contribution is 0.609. The molecule has 17 heavy (non-hydrogen) atoms. The molecule has 1 aromatic rings. The largest absolute Gasteiger partial charge is 0.370 e. The predicted octanol–water partition coefficient (Wildman–Crippen LogP) is 2.74. The van der Waals surface area contributed by atoms with Gasteiger partial charge in [0.15, 0.2) is 5.96 Å². The second-order valence-corrected chi connectivity index (χ2v) is 3.73. The fraction of sp³-hybridized carbons (Fsp3) is 0.417. The van der Waals surface area contributed by atoms with Crippen molar-refractivity contribution in [3.8, 4) is 0 Å². The fourth-order valence-electron chi connectivity index (χ4n) is 1.40. The predicted molar refractivity (Wildman–Crippen MR) is 80.3 cm³/mol. The van der Waals surface area contributed by atoms with Crippen LogP contribution >= 0.6 is 24.0 Å². The number of aryl methyl sites for hydroxylation is 1. The molecule has 0 aliphatic heterocycles. The Hall–Kier alpha value is -0.850. The molecule has 0 aromatic heterocycles. The van der Waals surface area contributed by atoms with Crippen molar-refractivity contribution in [3.63, 3.8) is 0 Å². The molecule has 0 bridgehead atoms. The molecule has 0 saturated heterocycles. The van der Waals surface area contributed by atoms with Crippen LogP contribution in [0.3, 0.4) is 0 Å². The number of halogens is 2. The minimum Gasteiger partial charge on any atom is -0.370 e. The fourth-order valence-corrected chi connectivity index (χ4v) is 1.40. The Labute approximate surface area is 119 Å². The van der Waals surface area contributed by atoms with Gasteiger partial charge in [-0.2, -0.15) is 0 Å². The van der Waals surface area contributed by atoms with Gasteiger partial charge in [0.1, 0.15) is 5.82 Å². The van der Waals surface area contributed by atoms with Crippen molar-refractivity contribution >= 4 is 29.9 Å². The van der Waals surface area contributed by atoms with Crippen molar-refractivity contribution in [1.82, 2.24) is 5.32 Å². The highest BCUT2D eigenvalue weighted by Gasteiger charge is 2.07. The van der Waals surface area contributed by atoms with E-state index in [-0.39, 0.29) is 35.8 Å². The van der Waals surface area contributed by atoms with Gasteiger partial charge in [-0.05, 0) is 38.0 Å². The lowest BCUT2D eigenvalue weighted by Crippen LogP contribution is -2.33. The summed E-state index contributed by atoms with van der Waals surface area (Å²) in [6.45, 7) is 6.20. The van der Waals surface area contributed by atoms with Gasteiger partial charge in [0.2, 0.25) is 0 Å². The molecule has 0 spiro atoms. The second-order valence-electron chi connectivity index (χ2n) is 3.73. The highest BCUT2D eigenvalue weighted by atomic mass is 127. The summed E-state index contributed by atoms with van der Waals surface area (Å²) in [7, 11) is 0. The quantitative estimate of drug-likeness (QED) is 0.500. The number of guanidine groups is 1. The van der Waals surface area contributed by atoms with Crippen molar-refractivity contribution in [2.75, 3.05) is 6.54 Å². The Morgan fingerprint density at radius 1 is 1.53 bits per heavy atom. The second kappa shape index (κ2) is 7.47. The van der Waals surface area contributed by atoms with Gasteiger partial charge in [0.25, 0.3) is 0 Å². The molecule has 1 atom stereocenters. The van der Waals surface area contributed by atoms with Gasteiger partial charge in [0, 0.05) is 6.54 Å². The van der Waals surface area contributed by atoms with Crippen LogP contribution in [-0.4, -0.2) is 12.5 Å². The maximum absolute atomic E-state index is 13.3. The van der Waals surface area contributed by atoms with Crippen molar-refractivity contribution in [1.29, 1.82) is 0 Å². The molecular formula is C12H19FIN3. The zero-order valence-electron chi connectivity index (χ0n) is 10.3. The topological polar surface area (TPSA) is 50.4 Å². The molecule has 3 N–H and O–H groups in total. The number of aliphatic imine (C=N–C) groups is 1. The SMILES string of the molecule is CCN=C(N)NC(C)c1ccc(C)c(F)c1.I. The minimum atomic E-state index is -0.197. The van der Waals surface area contributed by atoms with Crippen LogP contribution in [0.2, 0.25) is 0 Å². The molecule has 1 rings (SSSR count). The zero-order valence-corrected chi connectivity index (χ0v) is 12.7. The zero-order chi connectivity index (χ0) is 12.1. The van der Waals surface area contributed by atoms with Gasteiger partial charge >= 0.3 is 0 Å². The van der Waals surface area contributed by atoms with Gasteiger partial charge in [-0.3, -0.25) is 4.99 Å². The Balaban J connectivity index is 0.00000256. The summed E-state index contributed by atoms with van der Waals surface area (Å²) in [5.74, 6) is 0.188. The van der Waals surface area contributed by atoms with E-state index >= 15 is 0 Å². The standard InChI is InChI=1S/C12H18FN3.HI/c1-4-15-12(14)16-9(3)10-6-5-8(2)11(13)7-10;/h5-7,9H,4H2,1-3H3,(H3,14,15,16);1H. The lowest BCUT2D eigenvalue weighted by atomic mass is 10.1. The van der Waals surface area contributed by atoms with E-state index in [1.807, 2.05) is 19.9 Å². The van der Waals surface area contributed by atoms with Crippen molar-refractivity contribution in [3.05, 3.63) is 35.1 Å². The van der Waals surface area contributed by atoms with Crippen LogP contribution in [0.1, 0.15) is 31.0 Å². The number of nitrogens with two attached hydrogens (primary N) is 1. The van der Waals surface area contributed by atoms with E-state index in [1.165, 1.54) is 6.07 Å². The molecule has 0 fully saturated rings. The number of nitrogens with one attached hydrogen (secondary N) is 1. The van der Waals surface area contributed by atoms with Crippen LogP contribution in [0, 0.1) is 12.7 Å². The maximum atomic E-state index is 13.3. The van der Waals surface area contributed by atoms with Crippen LogP contribution in [0.25, 0.3) is 0 Å². The molecule has 0 aliphatic carbocycles. The van der Waals surface area contributed by atoms with Crippen molar-refractivity contribution < 1.29 is 4.39 Å². The average molecular weight is 351 g/mol. The highest BCUT2D eigenvalue weighted by Crippen LogP contribution is 2.15. The molecule has 0 radical (unpaired) electrons. The van der Waals surface area contributed by atoms with Crippen molar-refractivity contribution in [2.45, 2.75) is 26.8 Å². The number of hydrogen-bond acceptors (Lipinski definition) is 1. The summed E-state index contributed by atoms with van der Waals surface area (Å²) >= 11 is 0. The van der Waals surface area contributed by atoms with E-state index < -0.39 is 0 Å². The van der Waals surface area contributed by atoms with E-state index in [4.69, 9.17) is 5.73 Å². The first-order valence-electron chi connectivity index (χ1n) is 5.37. The van der Waals surface area contributed by atoms with Gasteiger partial charge in [-0.25, -0.2) is 4.39 Å². The summed E-state index contributed by atoms with van der Waals surface area (Å²) in [6, 6.07) is 5.11. The number of benzene rings is 1. The molecule has 0 saturated carbocycles. The summed E-state index contributed by atoms with van der Waals surface area (Å²) in [5, 5.41) is 3.00. The number of nitrogens with zero attached hydrogens (tertiary/aromatic N) is 1. The minimum absolute atomic E-state index is 0. The van der Waals surface area contributed by atoms with E-state index in [1.54, 1.807) is 13.0 Å². The normalized spacial score (nSPS) is 12.8. The van der Waals surface area contributed by atoms with Gasteiger partial charge in [-0.1, -0.05) is 12.1 Å². The molecule has 3 nitrogen and oxygen atoms in total. The monoisotopic (exact) mass is 351 g/mol. The van der Waals surface area contributed by atoms with E-state index in [9.17, 15) is 4.39 Å². The van der Waals surface area contributed by atoms with Crippen LogP contribution in [0.5, 0.6) is 0 Å². The van der Waals surface area contributed by atoms with E-state index in [0.717, 1.165) is 5.56 Å².